The van der Waals surface area contributed by atoms with Crippen LogP contribution >= 0.6 is 11.3 Å². The second-order valence-corrected chi connectivity index (χ2v) is 5.48. The van der Waals surface area contributed by atoms with Crippen molar-refractivity contribution in [3.05, 3.63) is 21.4 Å². The molecule has 18 heavy (non-hydrogen) atoms. The minimum Gasteiger partial charge on any atom is -0.480 e. The third-order valence-electron chi connectivity index (χ3n) is 3.07. The predicted octanol–water partition coefficient (Wildman–Crippen LogP) is 2.55. The standard InChI is InChI=1S/C13H19NO3S/c1-5-9-7-11(18-8(9)3)12(15)14(4)10(6-2)13(16)17/h7,10H,5-6H2,1-4H3,(H,16,17). The number of hydrogen-bond acceptors (Lipinski definition) is 3. The number of hydrogen-bond donors (Lipinski definition) is 1. The number of nitrogens with zero attached hydrogens (tertiary/aromatic N) is 1. The van der Waals surface area contributed by atoms with E-state index in [1.165, 1.54) is 16.2 Å². The maximum Gasteiger partial charge on any atom is 0.326 e. The van der Waals surface area contributed by atoms with Gasteiger partial charge in [-0.1, -0.05) is 13.8 Å². The van der Waals surface area contributed by atoms with E-state index in [1.54, 1.807) is 14.0 Å². The van der Waals surface area contributed by atoms with Crippen LogP contribution in [0.15, 0.2) is 6.07 Å². The Morgan fingerprint density at radius 1 is 1.44 bits per heavy atom. The first kappa shape index (κ1) is 14.7. The molecule has 4 nitrogen and oxygen atoms in total. The lowest BCUT2D eigenvalue weighted by molar-refractivity contribution is -0.142. The highest BCUT2D eigenvalue weighted by Crippen LogP contribution is 2.23. The van der Waals surface area contributed by atoms with Crippen LogP contribution in [0.3, 0.4) is 0 Å². The first-order valence-electron chi connectivity index (χ1n) is 6.01. The van der Waals surface area contributed by atoms with E-state index in [-0.39, 0.29) is 5.91 Å². The molecule has 1 heterocycles. The summed E-state index contributed by atoms with van der Waals surface area (Å²) in [5.74, 6) is -1.17. The fourth-order valence-electron chi connectivity index (χ4n) is 1.91. The molecule has 0 fully saturated rings. The fourth-order valence-corrected chi connectivity index (χ4v) is 3.00. The van der Waals surface area contributed by atoms with Crippen molar-refractivity contribution >= 4 is 23.2 Å². The zero-order chi connectivity index (χ0) is 13.9. The lowest BCUT2D eigenvalue weighted by atomic mass is 10.1. The van der Waals surface area contributed by atoms with Gasteiger partial charge in [0.25, 0.3) is 5.91 Å². The Kier molecular flexibility index (Phi) is 4.90. The summed E-state index contributed by atoms with van der Waals surface area (Å²) in [6.07, 6.45) is 1.29. The Labute approximate surface area is 111 Å². The highest BCUT2D eigenvalue weighted by atomic mass is 32.1. The van der Waals surface area contributed by atoms with Crippen molar-refractivity contribution in [2.75, 3.05) is 7.05 Å². The average molecular weight is 269 g/mol. The molecule has 5 heteroatoms. The molecule has 0 spiro atoms. The molecule has 0 aliphatic carbocycles. The van der Waals surface area contributed by atoms with Gasteiger partial charge in [-0.2, -0.15) is 0 Å². The largest absolute Gasteiger partial charge is 0.480 e. The van der Waals surface area contributed by atoms with E-state index in [9.17, 15) is 9.59 Å². The summed E-state index contributed by atoms with van der Waals surface area (Å²) in [5, 5.41) is 9.05. The molecule has 0 aliphatic heterocycles. The Morgan fingerprint density at radius 2 is 2.06 bits per heavy atom. The summed E-state index contributed by atoms with van der Waals surface area (Å²) in [7, 11) is 1.55. The molecule has 1 N–H and O–H groups in total. The maximum atomic E-state index is 12.2. The molecule has 1 aromatic rings. The zero-order valence-corrected chi connectivity index (χ0v) is 12.0. The van der Waals surface area contributed by atoms with Gasteiger partial charge in [0.2, 0.25) is 0 Å². The van der Waals surface area contributed by atoms with E-state index in [2.05, 4.69) is 0 Å². The van der Waals surface area contributed by atoms with Crippen molar-refractivity contribution in [2.24, 2.45) is 0 Å². The summed E-state index contributed by atoms with van der Waals surface area (Å²) < 4.78 is 0. The van der Waals surface area contributed by atoms with Gasteiger partial charge in [0.05, 0.1) is 4.88 Å². The van der Waals surface area contributed by atoms with Gasteiger partial charge >= 0.3 is 5.97 Å². The lowest BCUT2D eigenvalue weighted by Gasteiger charge is -2.23. The van der Waals surface area contributed by atoms with Crippen molar-refractivity contribution in [2.45, 2.75) is 39.7 Å². The van der Waals surface area contributed by atoms with Gasteiger partial charge < -0.3 is 10.0 Å². The number of aryl methyl sites for hydroxylation is 2. The van der Waals surface area contributed by atoms with E-state index in [0.29, 0.717) is 11.3 Å². The van der Waals surface area contributed by atoms with Crippen LogP contribution < -0.4 is 0 Å². The first-order valence-corrected chi connectivity index (χ1v) is 6.83. The molecule has 1 aromatic heterocycles. The SMILES string of the molecule is CCc1cc(C(=O)N(C)C(CC)C(=O)O)sc1C. The molecule has 1 rings (SSSR count). The highest BCUT2D eigenvalue weighted by Gasteiger charge is 2.26. The Morgan fingerprint density at radius 3 is 2.44 bits per heavy atom. The number of carboxylic acids is 1. The smallest absolute Gasteiger partial charge is 0.326 e. The van der Waals surface area contributed by atoms with Crippen LogP contribution in [0.1, 0.15) is 40.4 Å². The van der Waals surface area contributed by atoms with E-state index >= 15 is 0 Å². The number of carboxylic acid groups (broad SMARTS) is 1. The number of carbonyl (C=O) groups excluding carboxylic acids is 1. The molecule has 1 unspecified atom stereocenters. The lowest BCUT2D eigenvalue weighted by Crippen LogP contribution is -2.41. The quantitative estimate of drug-likeness (QED) is 0.893. The van der Waals surface area contributed by atoms with Crippen molar-refractivity contribution < 1.29 is 14.7 Å². The molecular weight excluding hydrogens is 250 g/mol. The number of thiophene rings is 1. The molecule has 0 saturated heterocycles. The molecule has 0 saturated carbocycles. The molecule has 0 aromatic carbocycles. The third kappa shape index (κ3) is 2.90. The molecule has 0 radical (unpaired) electrons. The van der Waals surface area contributed by atoms with Crippen molar-refractivity contribution in [1.29, 1.82) is 0 Å². The number of aliphatic carboxylic acids is 1. The second kappa shape index (κ2) is 6.00. The predicted molar refractivity (Wildman–Crippen MR) is 72.2 cm³/mol. The van der Waals surface area contributed by atoms with Gasteiger partial charge in [0, 0.05) is 11.9 Å². The Bertz CT molecular complexity index is 453. The minimum absolute atomic E-state index is 0.211. The van der Waals surface area contributed by atoms with Crippen molar-refractivity contribution in [3.63, 3.8) is 0 Å². The Balaban J connectivity index is 2.95. The highest BCUT2D eigenvalue weighted by molar-refractivity contribution is 7.14. The van der Waals surface area contributed by atoms with Crippen molar-refractivity contribution in [1.82, 2.24) is 4.90 Å². The maximum absolute atomic E-state index is 12.2. The minimum atomic E-state index is -0.961. The van der Waals surface area contributed by atoms with Gasteiger partial charge in [0.1, 0.15) is 6.04 Å². The van der Waals surface area contributed by atoms with Crippen LogP contribution in [0, 0.1) is 6.92 Å². The van der Waals surface area contributed by atoms with E-state index in [1.807, 2.05) is 19.9 Å². The number of carbonyl (C=O) groups is 2. The number of rotatable bonds is 5. The van der Waals surface area contributed by atoms with Crippen molar-refractivity contribution in [3.8, 4) is 0 Å². The van der Waals surface area contributed by atoms with Crippen LogP contribution in [0.5, 0.6) is 0 Å². The van der Waals surface area contributed by atoms with Crippen LogP contribution in [0.25, 0.3) is 0 Å². The van der Waals surface area contributed by atoms with E-state index in [4.69, 9.17) is 5.11 Å². The summed E-state index contributed by atoms with van der Waals surface area (Å²) in [6.45, 7) is 5.79. The molecule has 1 amide bonds. The molecule has 100 valence electrons. The van der Waals surface area contributed by atoms with Gasteiger partial charge in [-0.15, -0.1) is 11.3 Å². The molecule has 1 atom stereocenters. The van der Waals surface area contributed by atoms with E-state index < -0.39 is 12.0 Å². The van der Waals surface area contributed by atoms with Crippen LogP contribution in [0.4, 0.5) is 0 Å². The molecular formula is C13H19NO3S. The zero-order valence-electron chi connectivity index (χ0n) is 11.2. The van der Waals surface area contributed by atoms with Gasteiger partial charge in [-0.3, -0.25) is 4.79 Å². The van der Waals surface area contributed by atoms with Crippen LogP contribution in [-0.4, -0.2) is 35.0 Å². The third-order valence-corrected chi connectivity index (χ3v) is 4.15. The number of likely N-dealkylation sites (N-methyl/N-ethyl adjacent to an activating group) is 1. The first-order chi connectivity index (χ1) is 8.42. The van der Waals surface area contributed by atoms with Gasteiger partial charge in [-0.25, -0.2) is 4.79 Å². The monoisotopic (exact) mass is 269 g/mol. The molecule has 0 bridgehead atoms. The second-order valence-electron chi connectivity index (χ2n) is 4.22. The topological polar surface area (TPSA) is 57.6 Å². The van der Waals surface area contributed by atoms with Crippen LogP contribution in [-0.2, 0) is 11.2 Å². The summed E-state index contributed by atoms with van der Waals surface area (Å²) in [6, 6.07) is 1.11. The fraction of sp³-hybridized carbons (Fsp3) is 0.538. The van der Waals surface area contributed by atoms with E-state index in [0.717, 1.165) is 16.9 Å². The average Bonchev–Trinajstić information content (AvgIpc) is 2.69. The van der Waals surface area contributed by atoms with Crippen LogP contribution in [0.2, 0.25) is 0 Å². The van der Waals surface area contributed by atoms with Gasteiger partial charge in [-0.05, 0) is 31.4 Å². The normalized spacial score (nSPS) is 12.2. The summed E-state index contributed by atoms with van der Waals surface area (Å²) in [5.41, 5.74) is 1.15. The summed E-state index contributed by atoms with van der Waals surface area (Å²) in [4.78, 5) is 26.3. The Hall–Kier alpha value is -1.36. The summed E-state index contributed by atoms with van der Waals surface area (Å²) >= 11 is 1.43. The number of amides is 1. The van der Waals surface area contributed by atoms with Gasteiger partial charge in [0.15, 0.2) is 0 Å². The molecule has 0 aliphatic rings.